The molecule has 0 aliphatic carbocycles. The maximum absolute atomic E-state index is 5.88. The topological polar surface area (TPSA) is 30.5 Å². The first-order valence-corrected chi connectivity index (χ1v) is 5.62. The van der Waals surface area contributed by atoms with E-state index in [0.717, 1.165) is 17.9 Å². The minimum absolute atomic E-state index is 0.0288. The van der Waals surface area contributed by atoms with Gasteiger partial charge in [-0.1, -0.05) is 18.2 Å². The number of nitrogens with one attached hydrogen (secondary N) is 1. The molecule has 1 aromatic carbocycles. The van der Waals surface area contributed by atoms with E-state index in [0.29, 0.717) is 0 Å². The molecule has 1 N–H and O–H groups in total. The third-order valence-corrected chi connectivity index (χ3v) is 2.31. The fraction of sp³-hybridized carbons (Fsp3) is 0.538. The molecule has 3 heteroatoms. The van der Waals surface area contributed by atoms with Gasteiger partial charge in [0.2, 0.25) is 0 Å². The third-order valence-electron chi connectivity index (χ3n) is 2.31. The largest absolute Gasteiger partial charge is 0.496 e. The van der Waals surface area contributed by atoms with Crippen molar-refractivity contribution in [1.82, 2.24) is 5.32 Å². The molecule has 0 saturated carbocycles. The summed E-state index contributed by atoms with van der Waals surface area (Å²) in [6.45, 7) is 4.86. The Morgan fingerprint density at radius 1 is 1.25 bits per heavy atom. The first kappa shape index (κ1) is 13.0. The molecule has 16 heavy (non-hydrogen) atoms. The molecule has 0 radical (unpaired) electrons. The van der Waals surface area contributed by atoms with Crippen LogP contribution in [0.5, 0.6) is 5.75 Å². The van der Waals surface area contributed by atoms with Gasteiger partial charge in [-0.2, -0.15) is 0 Å². The minimum atomic E-state index is 0.0288. The predicted molar refractivity (Wildman–Crippen MR) is 65.9 cm³/mol. The van der Waals surface area contributed by atoms with Crippen LogP contribution in [0.2, 0.25) is 0 Å². The molecule has 0 heterocycles. The molecule has 0 aliphatic rings. The van der Waals surface area contributed by atoms with Crippen molar-refractivity contribution in [2.24, 2.45) is 0 Å². The predicted octanol–water partition coefficient (Wildman–Crippen LogP) is 2.38. The maximum atomic E-state index is 5.88. The van der Waals surface area contributed by atoms with Crippen molar-refractivity contribution < 1.29 is 9.47 Å². The van der Waals surface area contributed by atoms with Crippen molar-refractivity contribution >= 4 is 0 Å². The summed E-state index contributed by atoms with van der Waals surface area (Å²) >= 11 is 0. The Labute approximate surface area is 97.8 Å². The first-order valence-electron chi connectivity index (χ1n) is 5.62. The summed E-state index contributed by atoms with van der Waals surface area (Å²) in [6, 6.07) is 7.98. The highest BCUT2D eigenvalue weighted by Gasteiger charge is 2.16. The van der Waals surface area contributed by atoms with E-state index in [1.807, 2.05) is 45.2 Å². The normalized spacial score (nSPS) is 12.8. The summed E-state index contributed by atoms with van der Waals surface area (Å²) < 4.78 is 11.2. The maximum Gasteiger partial charge on any atom is 0.124 e. The molecule has 0 fully saturated rings. The molecule has 1 rings (SSSR count). The lowest BCUT2D eigenvalue weighted by atomic mass is 10.1. The lowest BCUT2D eigenvalue weighted by Crippen LogP contribution is -2.22. The van der Waals surface area contributed by atoms with Crippen molar-refractivity contribution in [3.05, 3.63) is 29.8 Å². The van der Waals surface area contributed by atoms with E-state index in [2.05, 4.69) is 5.32 Å². The zero-order chi connectivity index (χ0) is 12.0. The van der Waals surface area contributed by atoms with Gasteiger partial charge in [-0.3, -0.25) is 0 Å². The van der Waals surface area contributed by atoms with Crippen LogP contribution in [0.4, 0.5) is 0 Å². The minimum Gasteiger partial charge on any atom is -0.496 e. The van der Waals surface area contributed by atoms with Crippen LogP contribution in [0.25, 0.3) is 0 Å². The fourth-order valence-electron chi connectivity index (χ4n) is 1.68. The Hall–Kier alpha value is -1.06. The van der Waals surface area contributed by atoms with Crippen molar-refractivity contribution in [3.63, 3.8) is 0 Å². The van der Waals surface area contributed by atoms with Gasteiger partial charge in [-0.15, -0.1) is 0 Å². The van der Waals surface area contributed by atoms with Crippen LogP contribution in [0.3, 0.4) is 0 Å². The Kier molecular flexibility index (Phi) is 5.29. The molecule has 0 aliphatic heterocycles. The van der Waals surface area contributed by atoms with E-state index in [4.69, 9.17) is 9.47 Å². The zero-order valence-corrected chi connectivity index (χ0v) is 10.5. The lowest BCUT2D eigenvalue weighted by molar-refractivity contribution is 0.00695. The second-order valence-corrected chi connectivity index (χ2v) is 3.97. The highest BCUT2D eigenvalue weighted by molar-refractivity contribution is 5.35. The van der Waals surface area contributed by atoms with Crippen molar-refractivity contribution in [2.45, 2.75) is 26.1 Å². The Morgan fingerprint density at radius 2 is 1.94 bits per heavy atom. The molecule has 0 saturated heterocycles. The summed E-state index contributed by atoms with van der Waals surface area (Å²) in [5.74, 6) is 0.878. The Bertz CT molecular complexity index is 313. The molecule has 0 spiro atoms. The number of ether oxygens (including phenoxy) is 2. The van der Waals surface area contributed by atoms with E-state index in [1.165, 1.54) is 0 Å². The number of methoxy groups -OCH3 is 1. The van der Waals surface area contributed by atoms with Gasteiger partial charge in [-0.25, -0.2) is 0 Å². The van der Waals surface area contributed by atoms with E-state index >= 15 is 0 Å². The number of benzene rings is 1. The molecular formula is C13H21NO2. The molecule has 0 amide bonds. The van der Waals surface area contributed by atoms with Gasteiger partial charge in [0.25, 0.3) is 0 Å². The van der Waals surface area contributed by atoms with Crippen LogP contribution in [-0.2, 0) is 4.74 Å². The number of hydrogen-bond acceptors (Lipinski definition) is 3. The SMILES string of the molecule is CNC[C@H](OC(C)C)c1ccccc1OC. The van der Waals surface area contributed by atoms with E-state index in [1.54, 1.807) is 7.11 Å². The number of rotatable bonds is 6. The van der Waals surface area contributed by atoms with E-state index in [9.17, 15) is 0 Å². The second kappa shape index (κ2) is 6.51. The van der Waals surface area contributed by atoms with Crippen LogP contribution in [-0.4, -0.2) is 26.8 Å². The summed E-state index contributed by atoms with van der Waals surface area (Å²) in [6.07, 6.45) is 0.226. The highest BCUT2D eigenvalue weighted by Crippen LogP contribution is 2.27. The van der Waals surface area contributed by atoms with Crippen molar-refractivity contribution in [1.29, 1.82) is 0 Å². The van der Waals surface area contributed by atoms with Crippen molar-refractivity contribution in [3.8, 4) is 5.75 Å². The highest BCUT2D eigenvalue weighted by atomic mass is 16.5. The average Bonchev–Trinajstić information content (AvgIpc) is 2.28. The third kappa shape index (κ3) is 3.51. The van der Waals surface area contributed by atoms with E-state index in [-0.39, 0.29) is 12.2 Å². The van der Waals surface area contributed by atoms with Gasteiger partial charge >= 0.3 is 0 Å². The van der Waals surface area contributed by atoms with Gasteiger partial charge in [0.15, 0.2) is 0 Å². The number of likely N-dealkylation sites (N-methyl/N-ethyl adjacent to an activating group) is 1. The van der Waals surface area contributed by atoms with E-state index < -0.39 is 0 Å². The average molecular weight is 223 g/mol. The monoisotopic (exact) mass is 223 g/mol. The molecule has 1 aromatic rings. The molecule has 0 unspecified atom stereocenters. The number of hydrogen-bond donors (Lipinski definition) is 1. The molecule has 0 bridgehead atoms. The van der Waals surface area contributed by atoms with Crippen LogP contribution in [0.15, 0.2) is 24.3 Å². The lowest BCUT2D eigenvalue weighted by Gasteiger charge is -2.22. The second-order valence-electron chi connectivity index (χ2n) is 3.97. The van der Waals surface area contributed by atoms with Gasteiger partial charge in [0.1, 0.15) is 5.75 Å². The van der Waals surface area contributed by atoms with Gasteiger partial charge in [0, 0.05) is 12.1 Å². The first-order chi connectivity index (χ1) is 7.69. The van der Waals surface area contributed by atoms with Gasteiger partial charge in [0.05, 0.1) is 19.3 Å². The smallest absolute Gasteiger partial charge is 0.124 e. The molecular weight excluding hydrogens is 202 g/mol. The summed E-state index contributed by atoms with van der Waals surface area (Å²) in [4.78, 5) is 0. The van der Waals surface area contributed by atoms with Crippen LogP contribution >= 0.6 is 0 Å². The summed E-state index contributed by atoms with van der Waals surface area (Å²) in [5.41, 5.74) is 1.09. The van der Waals surface area contributed by atoms with Crippen LogP contribution < -0.4 is 10.1 Å². The molecule has 1 atom stereocenters. The van der Waals surface area contributed by atoms with Crippen LogP contribution in [0.1, 0.15) is 25.5 Å². The fourth-order valence-corrected chi connectivity index (χ4v) is 1.68. The standard InChI is InChI=1S/C13H21NO2/c1-10(2)16-13(9-14-3)11-7-5-6-8-12(11)15-4/h5-8,10,13-14H,9H2,1-4H3/t13-/m0/s1. The van der Waals surface area contributed by atoms with Gasteiger partial charge in [-0.05, 0) is 27.0 Å². The van der Waals surface area contributed by atoms with Crippen molar-refractivity contribution in [2.75, 3.05) is 20.7 Å². The summed E-state index contributed by atoms with van der Waals surface area (Å²) in [5, 5.41) is 3.14. The number of para-hydroxylation sites is 1. The quantitative estimate of drug-likeness (QED) is 0.803. The molecule has 3 nitrogen and oxygen atoms in total. The molecule has 90 valence electrons. The summed E-state index contributed by atoms with van der Waals surface area (Å²) in [7, 11) is 3.61. The van der Waals surface area contributed by atoms with Gasteiger partial charge < -0.3 is 14.8 Å². The Morgan fingerprint density at radius 3 is 2.50 bits per heavy atom. The zero-order valence-electron chi connectivity index (χ0n) is 10.5. The van der Waals surface area contributed by atoms with Crippen LogP contribution in [0, 0.1) is 0 Å². The Balaban J connectivity index is 2.90. The molecule has 0 aromatic heterocycles.